The van der Waals surface area contributed by atoms with Gasteiger partial charge >= 0.3 is 0 Å². The summed E-state index contributed by atoms with van der Waals surface area (Å²) in [5.74, 6) is -0.109. The van der Waals surface area contributed by atoms with E-state index in [1.54, 1.807) is 18.2 Å². The molecule has 1 aliphatic heterocycles. The number of nitro groups is 1. The average molecular weight is 411 g/mol. The number of amides is 1. The molecule has 8 nitrogen and oxygen atoms in total. The molecule has 1 aromatic carbocycles. The summed E-state index contributed by atoms with van der Waals surface area (Å²) in [6.07, 6.45) is 0. The first-order valence-electron chi connectivity index (χ1n) is 9.47. The van der Waals surface area contributed by atoms with E-state index in [1.807, 2.05) is 22.4 Å². The number of piperazine rings is 1. The molecule has 2 aromatic heterocycles. The van der Waals surface area contributed by atoms with E-state index in [-0.39, 0.29) is 11.6 Å². The Balaban J connectivity index is 1.73. The van der Waals surface area contributed by atoms with Crippen molar-refractivity contribution in [1.29, 1.82) is 0 Å². The fourth-order valence-electron chi connectivity index (χ4n) is 3.44. The SMILES string of the molecule is CCN1CCN(C(=O)c2cc(-c3cccs3)nn2-c2cccc([N+](=O)[O-])c2)CC1. The molecule has 0 saturated carbocycles. The number of likely N-dealkylation sites (N-methyl/N-ethyl adjacent to an activating group) is 1. The highest BCUT2D eigenvalue weighted by atomic mass is 32.1. The largest absolute Gasteiger partial charge is 0.335 e. The molecule has 0 N–H and O–H groups in total. The zero-order valence-electron chi connectivity index (χ0n) is 16.0. The number of carbonyl (C=O) groups excluding carboxylic acids is 1. The number of thiophene rings is 1. The standard InChI is InChI=1S/C20H21N5O3S/c1-2-22-8-10-23(11-9-22)20(26)18-14-17(19-7-4-12-29-19)21-24(18)15-5-3-6-16(13-15)25(27)28/h3-7,12-14H,2,8-11H2,1H3. The Labute approximate surface area is 172 Å². The van der Waals surface area contributed by atoms with Gasteiger partial charge in [-0.3, -0.25) is 14.9 Å². The Kier molecular flexibility index (Phi) is 5.41. The molecule has 1 amide bonds. The van der Waals surface area contributed by atoms with Gasteiger partial charge in [0, 0.05) is 38.3 Å². The fourth-order valence-corrected chi connectivity index (χ4v) is 4.12. The summed E-state index contributed by atoms with van der Waals surface area (Å²) in [4.78, 5) is 29.1. The quantitative estimate of drug-likeness (QED) is 0.475. The van der Waals surface area contributed by atoms with E-state index >= 15 is 0 Å². The molecule has 3 heterocycles. The lowest BCUT2D eigenvalue weighted by Crippen LogP contribution is -2.48. The van der Waals surface area contributed by atoms with Crippen molar-refractivity contribution in [3.8, 4) is 16.3 Å². The number of hydrogen-bond donors (Lipinski definition) is 0. The Bertz CT molecular complexity index is 1020. The van der Waals surface area contributed by atoms with E-state index in [0.29, 0.717) is 30.2 Å². The lowest BCUT2D eigenvalue weighted by molar-refractivity contribution is -0.384. The van der Waals surface area contributed by atoms with E-state index in [1.165, 1.54) is 28.2 Å². The molecule has 1 saturated heterocycles. The highest BCUT2D eigenvalue weighted by molar-refractivity contribution is 7.13. The van der Waals surface area contributed by atoms with Crippen LogP contribution in [-0.2, 0) is 0 Å². The second kappa shape index (κ2) is 8.14. The predicted molar refractivity (Wildman–Crippen MR) is 112 cm³/mol. The molecule has 0 unspecified atom stereocenters. The molecular formula is C20H21N5O3S. The van der Waals surface area contributed by atoms with Gasteiger partial charge in [0.2, 0.25) is 0 Å². The van der Waals surface area contributed by atoms with Crippen LogP contribution in [0.5, 0.6) is 0 Å². The molecule has 1 fully saturated rings. The third-order valence-corrected chi connectivity index (χ3v) is 5.99. The van der Waals surface area contributed by atoms with Gasteiger partial charge in [0.15, 0.2) is 0 Å². The number of non-ortho nitro benzene ring substituents is 1. The van der Waals surface area contributed by atoms with Crippen LogP contribution < -0.4 is 0 Å². The first-order valence-corrected chi connectivity index (χ1v) is 10.3. The zero-order chi connectivity index (χ0) is 20.4. The summed E-state index contributed by atoms with van der Waals surface area (Å²) >= 11 is 1.54. The minimum Gasteiger partial charge on any atom is -0.335 e. The third-order valence-electron chi connectivity index (χ3n) is 5.09. The molecule has 29 heavy (non-hydrogen) atoms. The molecule has 3 aromatic rings. The second-order valence-electron chi connectivity index (χ2n) is 6.81. The second-order valence-corrected chi connectivity index (χ2v) is 7.76. The normalized spacial score (nSPS) is 14.9. The van der Waals surface area contributed by atoms with E-state index < -0.39 is 4.92 Å². The Morgan fingerprint density at radius 1 is 1.17 bits per heavy atom. The number of hydrogen-bond acceptors (Lipinski definition) is 6. The summed E-state index contributed by atoms with van der Waals surface area (Å²) in [6.45, 7) is 6.07. The van der Waals surface area contributed by atoms with Gasteiger partial charge in [-0.05, 0) is 30.1 Å². The van der Waals surface area contributed by atoms with E-state index in [2.05, 4.69) is 16.9 Å². The van der Waals surface area contributed by atoms with Gasteiger partial charge in [-0.2, -0.15) is 5.10 Å². The Morgan fingerprint density at radius 2 is 1.97 bits per heavy atom. The first kappa shape index (κ1) is 19.3. The highest BCUT2D eigenvalue weighted by Gasteiger charge is 2.26. The van der Waals surface area contributed by atoms with Crippen molar-refractivity contribution in [1.82, 2.24) is 19.6 Å². The van der Waals surface area contributed by atoms with Gasteiger partial charge < -0.3 is 9.80 Å². The minimum atomic E-state index is -0.446. The van der Waals surface area contributed by atoms with Crippen LogP contribution in [0.3, 0.4) is 0 Å². The average Bonchev–Trinajstić information content (AvgIpc) is 3.43. The van der Waals surface area contributed by atoms with E-state index in [4.69, 9.17) is 0 Å². The monoisotopic (exact) mass is 411 g/mol. The van der Waals surface area contributed by atoms with Gasteiger partial charge in [0.25, 0.3) is 11.6 Å². The number of rotatable bonds is 5. The van der Waals surface area contributed by atoms with E-state index in [9.17, 15) is 14.9 Å². The molecule has 9 heteroatoms. The number of aromatic nitrogens is 2. The topological polar surface area (TPSA) is 84.5 Å². The maximum absolute atomic E-state index is 13.3. The number of carbonyl (C=O) groups is 1. The van der Waals surface area contributed by atoms with Crippen molar-refractivity contribution in [3.05, 3.63) is 63.7 Å². The number of benzene rings is 1. The molecule has 0 radical (unpaired) electrons. The van der Waals surface area contributed by atoms with Crippen molar-refractivity contribution in [2.45, 2.75) is 6.92 Å². The summed E-state index contributed by atoms with van der Waals surface area (Å²) in [5.41, 5.74) is 1.56. The Hall–Kier alpha value is -3.04. The van der Waals surface area contributed by atoms with Crippen molar-refractivity contribution in [2.24, 2.45) is 0 Å². The number of nitrogens with zero attached hydrogens (tertiary/aromatic N) is 5. The minimum absolute atomic E-state index is 0.0365. The fraction of sp³-hybridized carbons (Fsp3) is 0.300. The van der Waals surface area contributed by atoms with Gasteiger partial charge in [0.1, 0.15) is 11.4 Å². The van der Waals surface area contributed by atoms with Crippen molar-refractivity contribution < 1.29 is 9.72 Å². The van der Waals surface area contributed by atoms with Crippen molar-refractivity contribution in [2.75, 3.05) is 32.7 Å². The van der Waals surface area contributed by atoms with Gasteiger partial charge in [-0.25, -0.2) is 4.68 Å². The summed E-state index contributed by atoms with van der Waals surface area (Å²) in [6, 6.07) is 11.9. The van der Waals surface area contributed by atoms with Crippen LogP contribution >= 0.6 is 11.3 Å². The molecular weight excluding hydrogens is 390 g/mol. The van der Waals surface area contributed by atoms with Crippen LogP contribution in [0.4, 0.5) is 5.69 Å². The molecule has 4 rings (SSSR count). The van der Waals surface area contributed by atoms with Crippen LogP contribution in [0.2, 0.25) is 0 Å². The van der Waals surface area contributed by atoms with Crippen LogP contribution in [0, 0.1) is 10.1 Å². The molecule has 0 aliphatic carbocycles. The van der Waals surface area contributed by atoms with Gasteiger partial charge in [0.05, 0.1) is 15.5 Å². The summed E-state index contributed by atoms with van der Waals surface area (Å²) < 4.78 is 1.52. The summed E-state index contributed by atoms with van der Waals surface area (Å²) in [5, 5.41) is 17.8. The third kappa shape index (κ3) is 3.92. The molecule has 0 bridgehead atoms. The maximum atomic E-state index is 13.3. The highest BCUT2D eigenvalue weighted by Crippen LogP contribution is 2.27. The van der Waals surface area contributed by atoms with Gasteiger partial charge in [-0.1, -0.05) is 19.1 Å². The van der Waals surface area contributed by atoms with Crippen LogP contribution in [-0.4, -0.2) is 63.1 Å². The van der Waals surface area contributed by atoms with Crippen molar-refractivity contribution in [3.63, 3.8) is 0 Å². The molecule has 0 atom stereocenters. The first-order chi connectivity index (χ1) is 14.1. The van der Waals surface area contributed by atoms with Crippen molar-refractivity contribution >= 4 is 22.9 Å². The smallest absolute Gasteiger partial charge is 0.272 e. The molecule has 1 aliphatic rings. The lowest BCUT2D eigenvalue weighted by Gasteiger charge is -2.34. The molecule has 0 spiro atoms. The molecule has 150 valence electrons. The Morgan fingerprint density at radius 3 is 2.62 bits per heavy atom. The lowest BCUT2D eigenvalue weighted by atomic mass is 10.2. The van der Waals surface area contributed by atoms with Crippen LogP contribution in [0.1, 0.15) is 17.4 Å². The predicted octanol–water partition coefficient (Wildman–Crippen LogP) is 3.29. The van der Waals surface area contributed by atoms with Crippen LogP contribution in [0.25, 0.3) is 16.3 Å². The van der Waals surface area contributed by atoms with Crippen LogP contribution in [0.15, 0.2) is 47.8 Å². The van der Waals surface area contributed by atoms with Gasteiger partial charge in [-0.15, -0.1) is 11.3 Å². The van der Waals surface area contributed by atoms with E-state index in [0.717, 1.165) is 24.5 Å². The summed E-state index contributed by atoms with van der Waals surface area (Å²) in [7, 11) is 0. The number of nitro benzene ring substituents is 1. The zero-order valence-corrected chi connectivity index (χ0v) is 16.8. The maximum Gasteiger partial charge on any atom is 0.272 e.